The maximum absolute atomic E-state index is 11.9. The van der Waals surface area contributed by atoms with Crippen molar-refractivity contribution in [3.8, 4) is 0 Å². The number of rotatable bonds is 2. The number of nitrogens with one attached hydrogen (secondary N) is 1. The summed E-state index contributed by atoms with van der Waals surface area (Å²) in [5, 5.41) is 0. The number of H-pyrrole nitrogens is 1. The molecule has 0 unspecified atom stereocenters. The van der Waals surface area contributed by atoms with Crippen molar-refractivity contribution >= 4 is 5.95 Å². The molecule has 0 radical (unpaired) electrons. The summed E-state index contributed by atoms with van der Waals surface area (Å²) >= 11 is 0. The summed E-state index contributed by atoms with van der Waals surface area (Å²) in [7, 11) is 0. The van der Waals surface area contributed by atoms with Gasteiger partial charge in [0.25, 0.3) is 5.56 Å². The van der Waals surface area contributed by atoms with Crippen molar-refractivity contribution in [3.05, 3.63) is 57.5 Å². The lowest BCUT2D eigenvalue weighted by Gasteiger charge is -2.27. The van der Waals surface area contributed by atoms with E-state index >= 15 is 0 Å². The average Bonchev–Trinajstić information content (AvgIpc) is 2.51. The Morgan fingerprint density at radius 3 is 2.71 bits per heavy atom. The first-order valence-corrected chi connectivity index (χ1v) is 7.36. The van der Waals surface area contributed by atoms with E-state index in [2.05, 4.69) is 27.0 Å². The van der Waals surface area contributed by atoms with Crippen molar-refractivity contribution in [2.45, 2.75) is 33.4 Å². The van der Waals surface area contributed by atoms with Crippen LogP contribution in [-0.4, -0.2) is 21.4 Å². The summed E-state index contributed by atoms with van der Waals surface area (Å²) in [6.07, 6.45) is 0.774. The molecule has 0 fully saturated rings. The predicted molar refractivity (Wildman–Crippen MR) is 84.9 cm³/mol. The van der Waals surface area contributed by atoms with E-state index in [-0.39, 0.29) is 11.5 Å². The molecule has 1 aliphatic heterocycles. The highest BCUT2D eigenvalue weighted by Crippen LogP contribution is 2.16. The van der Waals surface area contributed by atoms with Crippen molar-refractivity contribution in [1.29, 1.82) is 0 Å². The van der Waals surface area contributed by atoms with E-state index in [0.717, 1.165) is 30.8 Å². The zero-order valence-corrected chi connectivity index (χ0v) is 12.6. The van der Waals surface area contributed by atoms with Gasteiger partial charge in [0.05, 0.1) is 11.3 Å². The highest BCUT2D eigenvalue weighted by molar-refractivity contribution is 5.27. The van der Waals surface area contributed by atoms with Crippen LogP contribution in [0.25, 0.3) is 0 Å². The topological polar surface area (TPSA) is 75.0 Å². The standard InChI is InChI=1S/C14H16N4O.C2H6/c15-14-16-12-6-7-18(9-11(12)13(19)17-14)8-10-4-2-1-3-5-10;1-2/h1-5H,6-9H2,(H3,15,16,17,19);1-2H3. The van der Waals surface area contributed by atoms with Crippen LogP contribution < -0.4 is 11.3 Å². The first-order valence-electron chi connectivity index (χ1n) is 7.36. The van der Waals surface area contributed by atoms with E-state index in [4.69, 9.17) is 5.73 Å². The molecule has 0 aliphatic carbocycles. The molecule has 0 saturated carbocycles. The smallest absolute Gasteiger partial charge is 0.257 e. The minimum atomic E-state index is -0.111. The number of hydrogen-bond donors (Lipinski definition) is 2. The van der Waals surface area contributed by atoms with E-state index in [9.17, 15) is 4.79 Å². The zero-order valence-electron chi connectivity index (χ0n) is 12.6. The van der Waals surface area contributed by atoms with Gasteiger partial charge in [-0.3, -0.25) is 14.7 Å². The minimum Gasteiger partial charge on any atom is -0.369 e. The molecule has 1 aromatic carbocycles. The summed E-state index contributed by atoms with van der Waals surface area (Å²) in [6.45, 7) is 6.38. The molecule has 2 heterocycles. The van der Waals surface area contributed by atoms with Crippen LogP contribution in [0, 0.1) is 0 Å². The van der Waals surface area contributed by atoms with Gasteiger partial charge in [-0.2, -0.15) is 0 Å². The number of nitrogens with zero attached hydrogens (tertiary/aromatic N) is 2. The predicted octanol–water partition coefficient (Wildman–Crippen LogP) is 1.94. The number of nitrogen functional groups attached to an aromatic ring is 1. The van der Waals surface area contributed by atoms with Crippen LogP contribution in [0.5, 0.6) is 0 Å². The largest absolute Gasteiger partial charge is 0.369 e. The third kappa shape index (κ3) is 3.70. The number of aromatic nitrogens is 2. The second kappa shape index (κ2) is 7.04. The molecule has 0 atom stereocenters. The van der Waals surface area contributed by atoms with Gasteiger partial charge in [-0.15, -0.1) is 0 Å². The van der Waals surface area contributed by atoms with Crippen LogP contribution in [0.4, 0.5) is 5.95 Å². The van der Waals surface area contributed by atoms with Gasteiger partial charge in [0.2, 0.25) is 5.95 Å². The Hall–Kier alpha value is -2.14. The Kier molecular flexibility index (Phi) is 5.11. The summed E-state index contributed by atoms with van der Waals surface area (Å²) in [5.41, 5.74) is 8.29. The Labute approximate surface area is 124 Å². The highest BCUT2D eigenvalue weighted by atomic mass is 16.1. The van der Waals surface area contributed by atoms with Crippen LogP contribution in [0.15, 0.2) is 35.1 Å². The molecular formula is C16H22N4O. The molecule has 0 saturated heterocycles. The Morgan fingerprint density at radius 2 is 2.00 bits per heavy atom. The monoisotopic (exact) mass is 286 g/mol. The molecule has 5 nitrogen and oxygen atoms in total. The molecule has 1 aliphatic rings. The fourth-order valence-electron chi connectivity index (χ4n) is 2.48. The average molecular weight is 286 g/mol. The van der Waals surface area contributed by atoms with Crippen LogP contribution in [0.1, 0.15) is 30.7 Å². The van der Waals surface area contributed by atoms with E-state index < -0.39 is 0 Å². The maximum Gasteiger partial charge on any atom is 0.257 e. The number of fused-ring (bicyclic) bond motifs is 1. The second-order valence-electron chi connectivity index (χ2n) is 4.82. The zero-order chi connectivity index (χ0) is 15.2. The van der Waals surface area contributed by atoms with Gasteiger partial charge in [-0.05, 0) is 5.56 Å². The van der Waals surface area contributed by atoms with Crippen molar-refractivity contribution in [2.75, 3.05) is 12.3 Å². The number of hydrogen-bond acceptors (Lipinski definition) is 4. The molecule has 0 spiro atoms. The van der Waals surface area contributed by atoms with Crippen LogP contribution >= 0.6 is 0 Å². The summed E-state index contributed by atoms with van der Waals surface area (Å²) in [4.78, 5) is 20.9. The summed E-state index contributed by atoms with van der Waals surface area (Å²) in [6, 6.07) is 10.3. The highest BCUT2D eigenvalue weighted by Gasteiger charge is 2.20. The van der Waals surface area contributed by atoms with Gasteiger partial charge in [0.15, 0.2) is 0 Å². The van der Waals surface area contributed by atoms with Crippen LogP contribution in [0.3, 0.4) is 0 Å². The van der Waals surface area contributed by atoms with Gasteiger partial charge in [-0.25, -0.2) is 4.98 Å². The molecular weight excluding hydrogens is 264 g/mol. The summed E-state index contributed by atoms with van der Waals surface area (Å²) in [5.74, 6) is 0.209. The summed E-state index contributed by atoms with van der Waals surface area (Å²) < 4.78 is 0. The van der Waals surface area contributed by atoms with Gasteiger partial charge < -0.3 is 5.73 Å². The Bertz CT molecular complexity index is 636. The third-order valence-electron chi connectivity index (χ3n) is 3.42. The van der Waals surface area contributed by atoms with Crippen molar-refractivity contribution < 1.29 is 0 Å². The lowest BCUT2D eigenvalue weighted by molar-refractivity contribution is 0.242. The molecule has 112 valence electrons. The van der Waals surface area contributed by atoms with E-state index in [0.29, 0.717) is 6.54 Å². The fraction of sp³-hybridized carbons (Fsp3) is 0.375. The Balaban J connectivity index is 0.000000774. The third-order valence-corrected chi connectivity index (χ3v) is 3.42. The van der Waals surface area contributed by atoms with Crippen molar-refractivity contribution in [3.63, 3.8) is 0 Å². The van der Waals surface area contributed by atoms with Gasteiger partial charge in [-0.1, -0.05) is 44.2 Å². The van der Waals surface area contributed by atoms with E-state index in [1.54, 1.807) is 0 Å². The quantitative estimate of drug-likeness (QED) is 0.884. The molecule has 2 aromatic rings. The molecule has 1 aromatic heterocycles. The SMILES string of the molecule is CC.Nc1nc2c(c(=O)[nH]1)CN(Cc1ccccc1)CC2. The molecule has 5 heteroatoms. The van der Waals surface area contributed by atoms with Gasteiger partial charge >= 0.3 is 0 Å². The van der Waals surface area contributed by atoms with Crippen molar-refractivity contribution in [2.24, 2.45) is 0 Å². The number of benzene rings is 1. The molecule has 3 rings (SSSR count). The number of anilines is 1. The number of aromatic amines is 1. The van der Waals surface area contributed by atoms with Crippen LogP contribution in [-0.2, 0) is 19.5 Å². The Morgan fingerprint density at radius 1 is 1.29 bits per heavy atom. The first kappa shape index (κ1) is 15.3. The first-order chi connectivity index (χ1) is 10.2. The van der Waals surface area contributed by atoms with E-state index in [1.807, 2.05) is 32.0 Å². The van der Waals surface area contributed by atoms with Gasteiger partial charge in [0.1, 0.15) is 0 Å². The fourth-order valence-corrected chi connectivity index (χ4v) is 2.48. The normalized spacial score (nSPS) is 14.0. The van der Waals surface area contributed by atoms with Crippen molar-refractivity contribution in [1.82, 2.24) is 14.9 Å². The van der Waals surface area contributed by atoms with Gasteiger partial charge in [0, 0.05) is 26.1 Å². The molecule has 21 heavy (non-hydrogen) atoms. The maximum atomic E-state index is 11.9. The molecule has 0 amide bonds. The lowest BCUT2D eigenvalue weighted by Crippen LogP contribution is -2.35. The molecule has 3 N–H and O–H groups in total. The van der Waals surface area contributed by atoms with Crippen LogP contribution in [0.2, 0.25) is 0 Å². The lowest BCUT2D eigenvalue weighted by atomic mass is 10.1. The molecule has 0 bridgehead atoms. The second-order valence-corrected chi connectivity index (χ2v) is 4.82. The number of nitrogens with two attached hydrogens (primary N) is 1. The minimum absolute atomic E-state index is 0.111. The van der Waals surface area contributed by atoms with E-state index in [1.165, 1.54) is 5.56 Å².